The van der Waals surface area contributed by atoms with Gasteiger partial charge in [-0.15, -0.1) is 0 Å². The van der Waals surface area contributed by atoms with Gasteiger partial charge in [-0.2, -0.15) is 0 Å². The number of carboxylic acids is 2. The normalized spacial score (nSPS) is 14.4. The Labute approximate surface area is 103 Å². The van der Waals surface area contributed by atoms with Crippen molar-refractivity contribution in [3.63, 3.8) is 0 Å². The van der Waals surface area contributed by atoms with E-state index >= 15 is 0 Å². The van der Waals surface area contributed by atoms with E-state index in [2.05, 4.69) is 0 Å². The van der Waals surface area contributed by atoms with Crippen LogP contribution in [0.15, 0.2) is 0 Å². The molecule has 0 heterocycles. The second-order valence-corrected chi connectivity index (χ2v) is 5.86. The van der Waals surface area contributed by atoms with Gasteiger partial charge in [0.15, 0.2) is 0 Å². The molecule has 0 aromatic heterocycles. The highest BCUT2D eigenvalue weighted by Gasteiger charge is 2.37. The highest BCUT2D eigenvalue weighted by molar-refractivity contribution is 5.74. The first-order chi connectivity index (χ1) is 7.55. The van der Waals surface area contributed by atoms with Crippen molar-refractivity contribution in [2.45, 2.75) is 53.9 Å². The molecule has 0 aliphatic heterocycles. The van der Waals surface area contributed by atoms with Crippen molar-refractivity contribution in [2.24, 2.45) is 16.7 Å². The van der Waals surface area contributed by atoms with Crippen LogP contribution in [0.5, 0.6) is 0 Å². The van der Waals surface area contributed by atoms with Gasteiger partial charge in [-0.3, -0.25) is 9.59 Å². The maximum absolute atomic E-state index is 11.2. The van der Waals surface area contributed by atoms with E-state index in [1.54, 1.807) is 27.7 Å². The first-order valence-electron chi connectivity index (χ1n) is 6.02. The Morgan fingerprint density at radius 3 is 1.82 bits per heavy atom. The predicted molar refractivity (Wildman–Crippen MR) is 65.8 cm³/mol. The zero-order valence-electron chi connectivity index (χ0n) is 11.4. The molecule has 0 aromatic rings. The molecule has 100 valence electrons. The molecule has 0 amide bonds. The highest BCUT2D eigenvalue weighted by Crippen LogP contribution is 2.36. The van der Waals surface area contributed by atoms with Gasteiger partial charge in [0, 0.05) is 0 Å². The van der Waals surface area contributed by atoms with Crippen molar-refractivity contribution < 1.29 is 19.8 Å². The summed E-state index contributed by atoms with van der Waals surface area (Å²) in [4.78, 5) is 22.2. The quantitative estimate of drug-likeness (QED) is 0.722. The highest BCUT2D eigenvalue weighted by atomic mass is 16.4. The summed E-state index contributed by atoms with van der Waals surface area (Å²) in [6.45, 7) is 8.71. The van der Waals surface area contributed by atoms with Gasteiger partial charge < -0.3 is 10.2 Å². The summed E-state index contributed by atoms with van der Waals surface area (Å²) in [7, 11) is 0. The molecule has 0 saturated heterocycles. The lowest BCUT2D eigenvalue weighted by Gasteiger charge is -2.31. The molecule has 4 nitrogen and oxygen atoms in total. The molecule has 1 atom stereocenters. The van der Waals surface area contributed by atoms with Crippen molar-refractivity contribution in [2.75, 3.05) is 0 Å². The van der Waals surface area contributed by atoms with E-state index in [0.717, 1.165) is 6.42 Å². The maximum atomic E-state index is 11.2. The van der Waals surface area contributed by atoms with E-state index in [4.69, 9.17) is 10.2 Å². The van der Waals surface area contributed by atoms with E-state index in [1.807, 2.05) is 6.92 Å². The van der Waals surface area contributed by atoms with Crippen LogP contribution in [-0.2, 0) is 9.59 Å². The lowest BCUT2D eigenvalue weighted by Crippen LogP contribution is -2.34. The molecule has 0 radical (unpaired) electrons. The predicted octanol–water partition coefficient (Wildman–Crippen LogP) is 3.01. The van der Waals surface area contributed by atoms with Gasteiger partial charge in [-0.05, 0) is 46.5 Å². The second-order valence-electron chi connectivity index (χ2n) is 5.86. The summed E-state index contributed by atoms with van der Waals surface area (Å²) < 4.78 is 0. The summed E-state index contributed by atoms with van der Waals surface area (Å²) in [6, 6.07) is 0. The minimum Gasteiger partial charge on any atom is -0.481 e. The SMILES string of the molecule is CCC(CCC(C)(C)C(=O)O)C(C)(C)C(=O)O. The fourth-order valence-corrected chi connectivity index (χ4v) is 1.89. The monoisotopic (exact) mass is 244 g/mol. The molecular weight excluding hydrogens is 220 g/mol. The molecule has 0 spiro atoms. The molecule has 4 heteroatoms. The standard InChI is InChI=1S/C13H24O4/c1-6-9(13(4,5)11(16)17)7-8-12(2,3)10(14)15/h9H,6-8H2,1-5H3,(H,14,15)(H,16,17). The molecule has 0 aromatic carbocycles. The van der Waals surface area contributed by atoms with Gasteiger partial charge in [-0.1, -0.05) is 13.3 Å². The summed E-state index contributed by atoms with van der Waals surface area (Å²) >= 11 is 0. The van der Waals surface area contributed by atoms with Crippen molar-refractivity contribution in [3.05, 3.63) is 0 Å². The fourth-order valence-electron chi connectivity index (χ4n) is 1.89. The Morgan fingerprint density at radius 2 is 1.53 bits per heavy atom. The zero-order chi connectivity index (χ0) is 13.9. The summed E-state index contributed by atoms with van der Waals surface area (Å²) in [5, 5.41) is 18.2. The van der Waals surface area contributed by atoms with Crippen LogP contribution in [0.1, 0.15) is 53.9 Å². The van der Waals surface area contributed by atoms with Crippen LogP contribution in [0.2, 0.25) is 0 Å². The number of aliphatic carboxylic acids is 2. The Morgan fingerprint density at radius 1 is 1.06 bits per heavy atom. The van der Waals surface area contributed by atoms with E-state index in [1.165, 1.54) is 0 Å². The topological polar surface area (TPSA) is 74.6 Å². The minimum atomic E-state index is -0.833. The number of rotatable bonds is 7. The average molecular weight is 244 g/mol. The Balaban J connectivity index is 4.65. The third-order valence-electron chi connectivity index (χ3n) is 3.76. The number of carboxylic acid groups (broad SMARTS) is 2. The average Bonchev–Trinajstić information content (AvgIpc) is 2.17. The van der Waals surface area contributed by atoms with Crippen LogP contribution >= 0.6 is 0 Å². The van der Waals surface area contributed by atoms with Crippen molar-refractivity contribution >= 4 is 11.9 Å². The van der Waals surface area contributed by atoms with Crippen molar-refractivity contribution in [1.82, 2.24) is 0 Å². The van der Waals surface area contributed by atoms with E-state index in [0.29, 0.717) is 12.8 Å². The molecule has 17 heavy (non-hydrogen) atoms. The zero-order valence-corrected chi connectivity index (χ0v) is 11.4. The molecular formula is C13H24O4. The molecule has 0 aliphatic carbocycles. The molecule has 0 rings (SSSR count). The van der Waals surface area contributed by atoms with Crippen LogP contribution in [0.4, 0.5) is 0 Å². The first kappa shape index (κ1) is 15.9. The van der Waals surface area contributed by atoms with E-state index in [-0.39, 0.29) is 5.92 Å². The second kappa shape index (κ2) is 5.52. The van der Waals surface area contributed by atoms with Crippen LogP contribution in [0, 0.1) is 16.7 Å². The number of hydrogen-bond donors (Lipinski definition) is 2. The Bertz CT molecular complexity index is 292. The van der Waals surface area contributed by atoms with Gasteiger partial charge in [-0.25, -0.2) is 0 Å². The number of hydrogen-bond acceptors (Lipinski definition) is 2. The smallest absolute Gasteiger partial charge is 0.309 e. The van der Waals surface area contributed by atoms with Gasteiger partial charge in [0.25, 0.3) is 0 Å². The van der Waals surface area contributed by atoms with E-state index in [9.17, 15) is 9.59 Å². The van der Waals surface area contributed by atoms with Crippen LogP contribution in [-0.4, -0.2) is 22.2 Å². The Kier molecular flexibility index (Phi) is 5.17. The third kappa shape index (κ3) is 4.02. The van der Waals surface area contributed by atoms with Crippen LogP contribution in [0.25, 0.3) is 0 Å². The van der Waals surface area contributed by atoms with Gasteiger partial charge >= 0.3 is 11.9 Å². The molecule has 0 bridgehead atoms. The van der Waals surface area contributed by atoms with Crippen molar-refractivity contribution in [3.8, 4) is 0 Å². The molecule has 2 N–H and O–H groups in total. The van der Waals surface area contributed by atoms with Gasteiger partial charge in [0.1, 0.15) is 0 Å². The third-order valence-corrected chi connectivity index (χ3v) is 3.76. The molecule has 0 saturated carbocycles. The lowest BCUT2D eigenvalue weighted by atomic mass is 9.72. The molecule has 0 fully saturated rings. The first-order valence-corrected chi connectivity index (χ1v) is 6.02. The molecule has 1 unspecified atom stereocenters. The Hall–Kier alpha value is -1.06. The summed E-state index contributed by atoms with van der Waals surface area (Å²) in [5.74, 6) is -1.66. The van der Waals surface area contributed by atoms with Crippen LogP contribution < -0.4 is 0 Å². The molecule has 0 aliphatic rings. The van der Waals surface area contributed by atoms with Crippen molar-refractivity contribution in [1.29, 1.82) is 0 Å². The minimum absolute atomic E-state index is 0.00127. The van der Waals surface area contributed by atoms with Gasteiger partial charge in [0.05, 0.1) is 10.8 Å². The van der Waals surface area contributed by atoms with E-state index < -0.39 is 22.8 Å². The number of carbonyl (C=O) groups is 2. The van der Waals surface area contributed by atoms with Gasteiger partial charge in [0.2, 0.25) is 0 Å². The lowest BCUT2D eigenvalue weighted by molar-refractivity contribution is -0.151. The largest absolute Gasteiger partial charge is 0.481 e. The summed E-state index contributed by atoms with van der Waals surface area (Å²) in [6.07, 6.45) is 1.86. The maximum Gasteiger partial charge on any atom is 0.309 e. The summed E-state index contributed by atoms with van der Waals surface area (Å²) in [5.41, 5.74) is -1.59. The van der Waals surface area contributed by atoms with Crippen LogP contribution in [0.3, 0.4) is 0 Å². The fraction of sp³-hybridized carbons (Fsp3) is 0.846.